The fourth-order valence-corrected chi connectivity index (χ4v) is 1.81. The molecule has 6 heteroatoms. The molecule has 0 radical (unpaired) electrons. The van der Waals surface area contributed by atoms with Crippen LogP contribution in [0.5, 0.6) is 0 Å². The van der Waals surface area contributed by atoms with Gasteiger partial charge >= 0.3 is 0 Å². The average Bonchev–Trinajstić information content (AvgIpc) is 2.51. The van der Waals surface area contributed by atoms with Gasteiger partial charge in [0.05, 0.1) is 6.42 Å². The maximum Gasteiger partial charge on any atom is 0.229 e. The first kappa shape index (κ1) is 15.9. The molecule has 0 spiro atoms. The molecule has 0 bridgehead atoms. The maximum absolute atomic E-state index is 12.8. The molecule has 1 aromatic heterocycles. The highest BCUT2D eigenvalue weighted by Crippen LogP contribution is 2.09. The summed E-state index contributed by atoms with van der Waals surface area (Å²) in [6.45, 7) is 4.13. The van der Waals surface area contributed by atoms with Gasteiger partial charge < -0.3 is 10.6 Å². The number of amides is 1. The monoisotopic (exact) mass is 302 g/mol. The third-order valence-corrected chi connectivity index (χ3v) is 3.22. The predicted molar refractivity (Wildman–Crippen MR) is 84.1 cm³/mol. The van der Waals surface area contributed by atoms with Crippen LogP contribution in [0.2, 0.25) is 0 Å². The number of nitrogens with one attached hydrogen (secondary N) is 2. The van der Waals surface area contributed by atoms with Crippen molar-refractivity contribution in [2.24, 2.45) is 0 Å². The maximum atomic E-state index is 12.8. The lowest BCUT2D eigenvalue weighted by Gasteiger charge is -2.11. The second-order valence-corrected chi connectivity index (χ2v) is 5.11. The lowest BCUT2D eigenvalue weighted by Crippen LogP contribution is -2.17. The Morgan fingerprint density at radius 2 is 1.77 bits per heavy atom. The predicted octanol–water partition coefficient (Wildman–Crippen LogP) is 3.01. The van der Waals surface area contributed by atoms with Crippen molar-refractivity contribution in [1.29, 1.82) is 0 Å². The molecule has 0 saturated carbocycles. The molecule has 22 heavy (non-hydrogen) atoms. The Hall–Kier alpha value is -2.50. The molecule has 1 heterocycles. The summed E-state index contributed by atoms with van der Waals surface area (Å²) < 4.78 is 12.8. The van der Waals surface area contributed by atoms with E-state index in [1.165, 1.54) is 12.1 Å². The fraction of sp³-hybridized carbons (Fsp3) is 0.312. The summed E-state index contributed by atoms with van der Waals surface area (Å²) in [6.07, 6.45) is 1.15. The number of aromatic nitrogens is 2. The lowest BCUT2D eigenvalue weighted by molar-refractivity contribution is -0.115. The van der Waals surface area contributed by atoms with Gasteiger partial charge in [0.15, 0.2) is 5.82 Å². The normalized spacial score (nSPS) is 11.8. The number of hydrogen-bond acceptors (Lipinski definition) is 4. The number of carbonyl (C=O) groups is 1. The van der Waals surface area contributed by atoms with Crippen LogP contribution in [0.15, 0.2) is 36.4 Å². The number of carbonyl (C=O) groups excluding carboxylic acids is 1. The molecule has 2 N–H and O–H groups in total. The Morgan fingerprint density at radius 1 is 1.14 bits per heavy atom. The Balaban J connectivity index is 1.90. The Bertz CT molecular complexity index is 613. The Morgan fingerprint density at radius 3 is 2.36 bits per heavy atom. The summed E-state index contributed by atoms with van der Waals surface area (Å²) in [6, 6.07) is 9.61. The van der Waals surface area contributed by atoms with E-state index in [0.29, 0.717) is 17.7 Å². The topological polar surface area (TPSA) is 66.9 Å². The molecule has 1 unspecified atom stereocenters. The van der Waals surface area contributed by atoms with E-state index in [1.807, 2.05) is 0 Å². The van der Waals surface area contributed by atoms with Gasteiger partial charge in [0.2, 0.25) is 5.91 Å². The van der Waals surface area contributed by atoms with Gasteiger partial charge in [0, 0.05) is 6.04 Å². The Kier molecular flexibility index (Phi) is 5.41. The molecule has 1 amide bonds. The zero-order chi connectivity index (χ0) is 15.9. The van der Waals surface area contributed by atoms with Gasteiger partial charge in [-0.2, -0.15) is 0 Å². The minimum atomic E-state index is -0.320. The first-order valence-corrected chi connectivity index (χ1v) is 7.21. The van der Waals surface area contributed by atoms with Crippen LogP contribution in [0.25, 0.3) is 0 Å². The quantitative estimate of drug-likeness (QED) is 0.861. The molecule has 1 atom stereocenters. The highest BCUT2D eigenvalue weighted by molar-refractivity contribution is 5.91. The molecular weight excluding hydrogens is 283 g/mol. The van der Waals surface area contributed by atoms with Crippen molar-refractivity contribution in [3.63, 3.8) is 0 Å². The fourth-order valence-electron chi connectivity index (χ4n) is 1.81. The minimum Gasteiger partial charge on any atom is -0.366 e. The second kappa shape index (κ2) is 7.49. The van der Waals surface area contributed by atoms with Crippen LogP contribution in [0.4, 0.5) is 16.0 Å². The molecule has 5 nitrogen and oxygen atoms in total. The van der Waals surface area contributed by atoms with Crippen molar-refractivity contribution >= 4 is 17.5 Å². The number of halogens is 1. The molecule has 2 aromatic rings. The van der Waals surface area contributed by atoms with E-state index >= 15 is 0 Å². The molecule has 0 aliphatic carbocycles. The summed E-state index contributed by atoms with van der Waals surface area (Å²) in [5.41, 5.74) is 0.738. The summed E-state index contributed by atoms with van der Waals surface area (Å²) in [5, 5.41) is 13.8. The van der Waals surface area contributed by atoms with Gasteiger partial charge in [-0.3, -0.25) is 4.79 Å². The van der Waals surface area contributed by atoms with E-state index in [2.05, 4.69) is 34.7 Å². The molecule has 0 aliphatic heterocycles. The van der Waals surface area contributed by atoms with Crippen LogP contribution in [0.1, 0.15) is 25.8 Å². The van der Waals surface area contributed by atoms with E-state index in [9.17, 15) is 9.18 Å². The van der Waals surface area contributed by atoms with Gasteiger partial charge in [0.1, 0.15) is 11.6 Å². The first-order valence-electron chi connectivity index (χ1n) is 7.21. The van der Waals surface area contributed by atoms with E-state index in [4.69, 9.17) is 0 Å². The van der Waals surface area contributed by atoms with Crippen LogP contribution in [-0.4, -0.2) is 22.1 Å². The zero-order valence-corrected chi connectivity index (χ0v) is 12.6. The summed E-state index contributed by atoms with van der Waals surface area (Å²) in [4.78, 5) is 11.9. The summed E-state index contributed by atoms with van der Waals surface area (Å²) >= 11 is 0. The molecular formula is C16H19FN4O. The van der Waals surface area contributed by atoms with Crippen LogP contribution in [0, 0.1) is 5.82 Å². The molecule has 0 saturated heterocycles. The number of hydrogen-bond donors (Lipinski definition) is 2. The number of benzene rings is 1. The molecule has 0 fully saturated rings. The zero-order valence-electron chi connectivity index (χ0n) is 12.6. The van der Waals surface area contributed by atoms with Gasteiger partial charge in [-0.05, 0) is 43.2 Å². The lowest BCUT2D eigenvalue weighted by atomic mass is 10.1. The molecule has 2 rings (SSSR count). The van der Waals surface area contributed by atoms with Gasteiger partial charge in [-0.15, -0.1) is 10.2 Å². The standard InChI is InChI=1S/C16H19FN4O/c1-3-11(2)18-14-8-9-15(21-20-14)19-16(22)10-12-4-6-13(17)7-5-12/h4-9,11H,3,10H2,1-2H3,(H,18,20)(H,19,21,22). The molecule has 0 aliphatic rings. The number of nitrogens with zero attached hydrogens (tertiary/aromatic N) is 2. The average molecular weight is 302 g/mol. The summed E-state index contributed by atoms with van der Waals surface area (Å²) in [5.74, 6) is 0.524. The number of rotatable bonds is 6. The van der Waals surface area contributed by atoms with Crippen molar-refractivity contribution in [2.45, 2.75) is 32.7 Å². The SMILES string of the molecule is CCC(C)Nc1ccc(NC(=O)Cc2ccc(F)cc2)nn1. The van der Waals surface area contributed by atoms with E-state index < -0.39 is 0 Å². The van der Waals surface area contributed by atoms with Crippen LogP contribution in [0.3, 0.4) is 0 Å². The summed E-state index contributed by atoms with van der Waals surface area (Å²) in [7, 11) is 0. The second-order valence-electron chi connectivity index (χ2n) is 5.11. The van der Waals surface area contributed by atoms with Crippen molar-refractivity contribution in [2.75, 3.05) is 10.6 Å². The highest BCUT2D eigenvalue weighted by Gasteiger charge is 2.06. The van der Waals surface area contributed by atoms with Gasteiger partial charge in [0.25, 0.3) is 0 Å². The molecule has 116 valence electrons. The van der Waals surface area contributed by atoms with Crippen molar-refractivity contribution in [3.8, 4) is 0 Å². The largest absolute Gasteiger partial charge is 0.366 e. The Labute approximate surface area is 129 Å². The van der Waals surface area contributed by atoms with E-state index in [0.717, 1.165) is 12.0 Å². The minimum absolute atomic E-state index is 0.162. The van der Waals surface area contributed by atoms with Gasteiger partial charge in [-0.25, -0.2) is 4.39 Å². The van der Waals surface area contributed by atoms with Crippen molar-refractivity contribution in [3.05, 3.63) is 47.8 Å². The smallest absolute Gasteiger partial charge is 0.229 e. The highest BCUT2D eigenvalue weighted by atomic mass is 19.1. The third-order valence-electron chi connectivity index (χ3n) is 3.22. The van der Waals surface area contributed by atoms with Crippen molar-refractivity contribution < 1.29 is 9.18 Å². The van der Waals surface area contributed by atoms with Crippen LogP contribution >= 0.6 is 0 Å². The van der Waals surface area contributed by atoms with Crippen LogP contribution < -0.4 is 10.6 Å². The van der Waals surface area contributed by atoms with Crippen molar-refractivity contribution in [1.82, 2.24) is 10.2 Å². The molecule has 1 aromatic carbocycles. The van der Waals surface area contributed by atoms with Gasteiger partial charge in [-0.1, -0.05) is 19.1 Å². The van der Waals surface area contributed by atoms with E-state index in [-0.39, 0.29) is 18.1 Å². The third kappa shape index (κ3) is 4.80. The number of anilines is 2. The van der Waals surface area contributed by atoms with E-state index in [1.54, 1.807) is 24.3 Å². The van der Waals surface area contributed by atoms with Crippen LogP contribution in [-0.2, 0) is 11.2 Å². The first-order chi connectivity index (χ1) is 10.6.